The number of thiophene rings is 1. The second kappa shape index (κ2) is 5.15. The Morgan fingerprint density at radius 2 is 2.06 bits per heavy atom. The molecular weight excluding hydrogens is 238 g/mol. The standard InChI is InChI=1S/C16H19NS/c1-2-12-6-3-4-7-14(12)17-16(13-9-10-13)15-8-5-11-18-15/h3-8,11,13,16-17H,2,9-10H2,1H3. The Morgan fingerprint density at radius 1 is 1.22 bits per heavy atom. The van der Waals surface area contributed by atoms with Gasteiger partial charge in [0.25, 0.3) is 0 Å². The van der Waals surface area contributed by atoms with Crippen LogP contribution in [0.1, 0.15) is 36.2 Å². The van der Waals surface area contributed by atoms with Crippen molar-refractivity contribution in [1.29, 1.82) is 0 Å². The van der Waals surface area contributed by atoms with Crippen LogP contribution in [0.5, 0.6) is 0 Å². The normalized spacial score (nSPS) is 16.5. The molecule has 2 aromatic rings. The second-order valence-electron chi connectivity index (χ2n) is 4.99. The van der Waals surface area contributed by atoms with Crippen LogP contribution in [0, 0.1) is 5.92 Å². The molecule has 94 valence electrons. The molecule has 0 saturated heterocycles. The molecule has 1 aromatic carbocycles. The minimum Gasteiger partial charge on any atom is -0.377 e. The third-order valence-corrected chi connectivity index (χ3v) is 4.61. The molecule has 1 atom stereocenters. The number of para-hydroxylation sites is 1. The summed E-state index contributed by atoms with van der Waals surface area (Å²) in [6, 6.07) is 13.6. The van der Waals surface area contributed by atoms with E-state index < -0.39 is 0 Å². The highest BCUT2D eigenvalue weighted by Gasteiger charge is 2.33. The highest BCUT2D eigenvalue weighted by atomic mass is 32.1. The maximum absolute atomic E-state index is 3.77. The number of benzene rings is 1. The predicted molar refractivity (Wildman–Crippen MR) is 79.2 cm³/mol. The number of aryl methyl sites for hydroxylation is 1. The summed E-state index contributed by atoms with van der Waals surface area (Å²) in [7, 11) is 0. The molecule has 1 fully saturated rings. The van der Waals surface area contributed by atoms with Crippen LogP contribution in [0.15, 0.2) is 41.8 Å². The van der Waals surface area contributed by atoms with E-state index in [-0.39, 0.29) is 0 Å². The van der Waals surface area contributed by atoms with Crippen molar-refractivity contribution in [2.45, 2.75) is 32.2 Å². The fourth-order valence-electron chi connectivity index (χ4n) is 2.46. The van der Waals surface area contributed by atoms with Crippen molar-refractivity contribution in [1.82, 2.24) is 0 Å². The van der Waals surface area contributed by atoms with Gasteiger partial charge in [-0.3, -0.25) is 0 Å². The molecule has 1 unspecified atom stereocenters. The van der Waals surface area contributed by atoms with Crippen molar-refractivity contribution >= 4 is 17.0 Å². The molecule has 1 heterocycles. The lowest BCUT2D eigenvalue weighted by Crippen LogP contribution is -2.12. The summed E-state index contributed by atoms with van der Waals surface area (Å²) in [5, 5.41) is 5.95. The van der Waals surface area contributed by atoms with E-state index in [0.29, 0.717) is 6.04 Å². The molecule has 2 heteroatoms. The predicted octanol–water partition coefficient (Wildman–Crippen LogP) is 4.87. The largest absolute Gasteiger partial charge is 0.377 e. The summed E-state index contributed by atoms with van der Waals surface area (Å²) in [4.78, 5) is 1.48. The third kappa shape index (κ3) is 2.44. The quantitative estimate of drug-likeness (QED) is 0.805. The van der Waals surface area contributed by atoms with Gasteiger partial charge in [-0.05, 0) is 48.3 Å². The Kier molecular flexibility index (Phi) is 3.37. The molecule has 1 aliphatic carbocycles. The fraction of sp³-hybridized carbons (Fsp3) is 0.375. The van der Waals surface area contributed by atoms with Crippen molar-refractivity contribution in [3.8, 4) is 0 Å². The molecule has 0 aliphatic heterocycles. The first-order valence-electron chi connectivity index (χ1n) is 6.76. The van der Waals surface area contributed by atoms with Gasteiger partial charge in [-0.15, -0.1) is 11.3 Å². The zero-order valence-corrected chi connectivity index (χ0v) is 11.5. The van der Waals surface area contributed by atoms with Crippen LogP contribution in [0.3, 0.4) is 0 Å². The number of anilines is 1. The number of rotatable bonds is 5. The van der Waals surface area contributed by atoms with Gasteiger partial charge in [-0.2, -0.15) is 0 Å². The number of hydrogen-bond acceptors (Lipinski definition) is 2. The lowest BCUT2D eigenvalue weighted by Gasteiger charge is -2.20. The van der Waals surface area contributed by atoms with E-state index in [4.69, 9.17) is 0 Å². The monoisotopic (exact) mass is 257 g/mol. The van der Waals surface area contributed by atoms with Crippen molar-refractivity contribution in [3.63, 3.8) is 0 Å². The van der Waals surface area contributed by atoms with Gasteiger partial charge in [0.1, 0.15) is 0 Å². The molecular formula is C16H19NS. The van der Waals surface area contributed by atoms with E-state index in [2.05, 4.69) is 54.0 Å². The van der Waals surface area contributed by atoms with Crippen molar-refractivity contribution in [2.24, 2.45) is 5.92 Å². The third-order valence-electron chi connectivity index (χ3n) is 3.65. The van der Waals surface area contributed by atoms with E-state index in [9.17, 15) is 0 Å². The topological polar surface area (TPSA) is 12.0 Å². The van der Waals surface area contributed by atoms with Crippen molar-refractivity contribution in [2.75, 3.05) is 5.32 Å². The Morgan fingerprint density at radius 3 is 2.72 bits per heavy atom. The molecule has 0 spiro atoms. The van der Waals surface area contributed by atoms with Crippen LogP contribution < -0.4 is 5.32 Å². The lowest BCUT2D eigenvalue weighted by molar-refractivity contribution is 0.690. The highest BCUT2D eigenvalue weighted by Crippen LogP contribution is 2.44. The molecule has 0 bridgehead atoms. The lowest BCUT2D eigenvalue weighted by atomic mass is 10.1. The van der Waals surface area contributed by atoms with Crippen LogP contribution >= 0.6 is 11.3 Å². The molecule has 1 N–H and O–H groups in total. The van der Waals surface area contributed by atoms with E-state index in [1.807, 2.05) is 11.3 Å². The average Bonchev–Trinajstić information content (AvgIpc) is 3.11. The summed E-state index contributed by atoms with van der Waals surface area (Å²) < 4.78 is 0. The maximum Gasteiger partial charge on any atom is 0.0634 e. The zero-order valence-electron chi connectivity index (χ0n) is 10.7. The smallest absolute Gasteiger partial charge is 0.0634 e. The minimum absolute atomic E-state index is 0.512. The Labute approximate surface area is 113 Å². The first kappa shape index (κ1) is 11.8. The zero-order chi connectivity index (χ0) is 12.4. The second-order valence-corrected chi connectivity index (χ2v) is 5.96. The molecule has 1 nitrogen and oxygen atoms in total. The van der Waals surface area contributed by atoms with Crippen LogP contribution in [0.2, 0.25) is 0 Å². The number of nitrogens with one attached hydrogen (secondary N) is 1. The Bertz CT molecular complexity index is 500. The molecule has 18 heavy (non-hydrogen) atoms. The van der Waals surface area contributed by atoms with Gasteiger partial charge >= 0.3 is 0 Å². The van der Waals surface area contributed by atoms with Gasteiger partial charge < -0.3 is 5.32 Å². The summed E-state index contributed by atoms with van der Waals surface area (Å²) >= 11 is 1.87. The van der Waals surface area contributed by atoms with Gasteiger partial charge in [0.15, 0.2) is 0 Å². The van der Waals surface area contributed by atoms with Gasteiger partial charge in [0, 0.05) is 10.6 Å². The van der Waals surface area contributed by atoms with E-state index in [1.54, 1.807) is 0 Å². The van der Waals surface area contributed by atoms with Gasteiger partial charge in [-0.1, -0.05) is 31.2 Å². The van der Waals surface area contributed by atoms with Crippen molar-refractivity contribution in [3.05, 3.63) is 52.2 Å². The number of hydrogen-bond donors (Lipinski definition) is 1. The van der Waals surface area contributed by atoms with Crippen LogP contribution in [0.25, 0.3) is 0 Å². The van der Waals surface area contributed by atoms with E-state index in [0.717, 1.165) is 12.3 Å². The Hall–Kier alpha value is -1.28. The summed E-state index contributed by atoms with van der Waals surface area (Å²) in [6.07, 6.45) is 3.82. The van der Waals surface area contributed by atoms with Crippen LogP contribution in [0.4, 0.5) is 5.69 Å². The summed E-state index contributed by atoms with van der Waals surface area (Å²) in [5.74, 6) is 0.827. The van der Waals surface area contributed by atoms with Gasteiger partial charge in [-0.25, -0.2) is 0 Å². The molecule has 1 aromatic heterocycles. The average molecular weight is 257 g/mol. The molecule has 0 radical (unpaired) electrons. The molecule has 0 amide bonds. The summed E-state index contributed by atoms with van der Waals surface area (Å²) in [5.41, 5.74) is 2.73. The van der Waals surface area contributed by atoms with E-state index >= 15 is 0 Å². The molecule has 3 rings (SSSR count). The summed E-state index contributed by atoms with van der Waals surface area (Å²) in [6.45, 7) is 2.22. The first-order chi connectivity index (χ1) is 8.88. The van der Waals surface area contributed by atoms with E-state index in [1.165, 1.54) is 29.0 Å². The van der Waals surface area contributed by atoms with Crippen LogP contribution in [-0.4, -0.2) is 0 Å². The maximum atomic E-state index is 3.77. The minimum atomic E-state index is 0.512. The van der Waals surface area contributed by atoms with Gasteiger partial charge in [0.05, 0.1) is 6.04 Å². The highest BCUT2D eigenvalue weighted by molar-refractivity contribution is 7.10. The molecule has 1 aliphatic rings. The fourth-order valence-corrected chi connectivity index (χ4v) is 3.33. The van der Waals surface area contributed by atoms with Crippen LogP contribution in [-0.2, 0) is 6.42 Å². The SMILES string of the molecule is CCc1ccccc1NC(c1cccs1)C1CC1. The van der Waals surface area contributed by atoms with Crippen molar-refractivity contribution < 1.29 is 0 Å². The first-order valence-corrected chi connectivity index (χ1v) is 7.64. The molecule has 1 saturated carbocycles. The Balaban J connectivity index is 1.84. The van der Waals surface area contributed by atoms with Gasteiger partial charge in [0.2, 0.25) is 0 Å².